The second-order valence-electron chi connectivity index (χ2n) is 5.04. The molecule has 2 heteroatoms. The number of aryl methyl sites for hydroxylation is 1. The van der Waals surface area contributed by atoms with Gasteiger partial charge in [-0.1, -0.05) is 68.4 Å². The first-order chi connectivity index (χ1) is 11.3. The zero-order valence-corrected chi connectivity index (χ0v) is 15.5. The van der Waals surface area contributed by atoms with Gasteiger partial charge in [-0.15, -0.1) is 20.9 Å². The highest BCUT2D eigenvalue weighted by Crippen LogP contribution is 2.28. The van der Waals surface area contributed by atoms with Crippen LogP contribution in [0.3, 0.4) is 0 Å². The van der Waals surface area contributed by atoms with Crippen LogP contribution < -0.4 is 5.32 Å². The summed E-state index contributed by atoms with van der Waals surface area (Å²) in [4.78, 5) is 0. The summed E-state index contributed by atoms with van der Waals surface area (Å²) in [6.07, 6.45) is 7.10. The van der Waals surface area contributed by atoms with E-state index in [1.165, 1.54) is 16.7 Å². The van der Waals surface area contributed by atoms with E-state index in [1.807, 2.05) is 13.8 Å². The second kappa shape index (κ2) is 11.9. The molecule has 0 spiro atoms. The Morgan fingerprint density at radius 3 is 2.39 bits per heavy atom. The first-order valence-electron chi connectivity index (χ1n) is 8.30. The molecular weight excluding hydrogens is 297 g/mol. The van der Waals surface area contributed by atoms with Crippen molar-refractivity contribution in [3.8, 4) is 12.3 Å². The summed E-state index contributed by atoms with van der Waals surface area (Å²) >= 11 is 0. The molecule has 2 atom stereocenters. The summed E-state index contributed by atoms with van der Waals surface area (Å²) in [6, 6.07) is 19.3. The highest BCUT2D eigenvalue weighted by Gasteiger charge is 2.07. The van der Waals surface area contributed by atoms with E-state index in [0.717, 1.165) is 28.0 Å². The van der Waals surface area contributed by atoms with Crippen LogP contribution in [0.1, 0.15) is 42.7 Å². The van der Waals surface area contributed by atoms with Crippen LogP contribution in [0.4, 0.5) is 0 Å². The zero-order valence-electron chi connectivity index (χ0n) is 14.5. The van der Waals surface area contributed by atoms with Gasteiger partial charge >= 0.3 is 0 Å². The van der Waals surface area contributed by atoms with Crippen LogP contribution in [0.2, 0.25) is 0 Å². The minimum Gasteiger partial charge on any atom is -0.303 e. The third-order valence-corrected chi connectivity index (χ3v) is 4.60. The lowest BCUT2D eigenvalue weighted by molar-refractivity contribution is 0.674. The largest absolute Gasteiger partial charge is 0.303 e. The molecule has 0 saturated heterocycles. The zero-order chi connectivity index (χ0) is 16.9. The summed E-state index contributed by atoms with van der Waals surface area (Å²) < 4.78 is 0. The van der Waals surface area contributed by atoms with Crippen molar-refractivity contribution < 1.29 is 0 Å². The van der Waals surface area contributed by atoms with E-state index in [9.17, 15) is 0 Å². The highest BCUT2D eigenvalue weighted by molar-refractivity contribution is 7.37. The Morgan fingerprint density at radius 2 is 1.74 bits per heavy atom. The van der Waals surface area contributed by atoms with Gasteiger partial charge in [0.1, 0.15) is 0 Å². The number of terminal acetylenes is 1. The van der Waals surface area contributed by atoms with Crippen LogP contribution in [0.5, 0.6) is 0 Å². The quantitative estimate of drug-likeness (QED) is 0.532. The smallest absolute Gasteiger partial charge is 0.0492 e. The molecule has 0 aromatic heterocycles. The molecule has 0 aliphatic carbocycles. The van der Waals surface area contributed by atoms with Gasteiger partial charge in [-0.05, 0) is 29.8 Å². The molecule has 0 saturated carbocycles. The molecule has 0 amide bonds. The first kappa shape index (κ1) is 19.4. The Bertz CT molecular complexity index is 586. The van der Waals surface area contributed by atoms with Gasteiger partial charge < -0.3 is 5.32 Å². The molecule has 0 aliphatic rings. The predicted octanol–water partition coefficient (Wildman–Crippen LogP) is 5.38. The van der Waals surface area contributed by atoms with Crippen molar-refractivity contribution in [3.05, 3.63) is 71.3 Å². The fourth-order valence-corrected chi connectivity index (χ4v) is 3.20. The van der Waals surface area contributed by atoms with Crippen molar-refractivity contribution in [2.75, 3.05) is 6.66 Å². The number of rotatable bonds is 7. The minimum absolute atomic E-state index is 0.431. The molecule has 122 valence electrons. The van der Waals surface area contributed by atoms with Crippen molar-refractivity contribution in [1.29, 1.82) is 0 Å². The lowest BCUT2D eigenvalue weighted by atomic mass is 10.1. The number of benzene rings is 2. The SMILES string of the molecule is C#CCCc1cccc(CNC(PC)c2ccccc2)c1.CC. The van der Waals surface area contributed by atoms with Crippen LogP contribution >= 0.6 is 8.58 Å². The van der Waals surface area contributed by atoms with Gasteiger partial charge in [0.05, 0.1) is 0 Å². The van der Waals surface area contributed by atoms with E-state index in [1.54, 1.807) is 0 Å². The molecule has 1 N–H and O–H groups in total. The molecule has 2 rings (SSSR count). The molecule has 23 heavy (non-hydrogen) atoms. The molecule has 2 aromatic carbocycles. The average Bonchev–Trinajstić information content (AvgIpc) is 2.63. The molecule has 1 nitrogen and oxygen atoms in total. The van der Waals surface area contributed by atoms with Crippen LogP contribution in [-0.2, 0) is 13.0 Å². The van der Waals surface area contributed by atoms with E-state index in [4.69, 9.17) is 6.42 Å². The maximum Gasteiger partial charge on any atom is 0.0492 e. The normalized spacial score (nSPS) is 11.6. The van der Waals surface area contributed by atoms with E-state index in [2.05, 4.69) is 72.5 Å². The standard InChI is InChI=1S/C19H22NP.C2H6/c1-3-4-9-16-10-8-11-17(14-16)15-20-19(21-2)18-12-6-5-7-13-18;1-2/h1,5-8,10-14,19-21H,4,9,15H2,2H3;1-2H3. The Morgan fingerprint density at radius 1 is 1.04 bits per heavy atom. The van der Waals surface area contributed by atoms with Gasteiger partial charge in [0.2, 0.25) is 0 Å². The molecule has 0 fully saturated rings. The molecule has 2 aromatic rings. The van der Waals surface area contributed by atoms with Crippen LogP contribution in [0.15, 0.2) is 54.6 Å². The Hall–Kier alpha value is -1.61. The maximum absolute atomic E-state index is 5.33. The number of nitrogens with one attached hydrogen (secondary N) is 1. The van der Waals surface area contributed by atoms with Gasteiger partial charge in [0.25, 0.3) is 0 Å². The molecule has 0 heterocycles. The topological polar surface area (TPSA) is 12.0 Å². The van der Waals surface area contributed by atoms with E-state index >= 15 is 0 Å². The summed E-state index contributed by atoms with van der Waals surface area (Å²) in [7, 11) is 0.838. The van der Waals surface area contributed by atoms with Crippen LogP contribution in [0.25, 0.3) is 0 Å². The lowest BCUT2D eigenvalue weighted by Crippen LogP contribution is -2.17. The average molecular weight is 325 g/mol. The van der Waals surface area contributed by atoms with E-state index < -0.39 is 0 Å². The summed E-state index contributed by atoms with van der Waals surface area (Å²) in [5.41, 5.74) is 4.01. The maximum atomic E-state index is 5.33. The van der Waals surface area contributed by atoms with Crippen molar-refractivity contribution >= 4 is 8.58 Å². The van der Waals surface area contributed by atoms with Gasteiger partial charge in [-0.25, -0.2) is 0 Å². The first-order valence-corrected chi connectivity index (χ1v) is 9.88. The molecular formula is C21H28NP. The highest BCUT2D eigenvalue weighted by atomic mass is 31.1. The van der Waals surface area contributed by atoms with Gasteiger partial charge in [-0.2, -0.15) is 0 Å². The van der Waals surface area contributed by atoms with Crippen molar-refractivity contribution in [1.82, 2.24) is 5.32 Å². The molecule has 0 bridgehead atoms. The number of hydrogen-bond acceptors (Lipinski definition) is 1. The summed E-state index contributed by atoms with van der Waals surface area (Å²) in [5, 5.41) is 3.66. The third-order valence-electron chi connectivity index (χ3n) is 3.48. The van der Waals surface area contributed by atoms with Crippen molar-refractivity contribution in [2.45, 2.75) is 39.0 Å². The Balaban J connectivity index is 0.00000127. The van der Waals surface area contributed by atoms with Crippen molar-refractivity contribution in [2.24, 2.45) is 0 Å². The summed E-state index contributed by atoms with van der Waals surface area (Å²) in [6.45, 7) is 7.14. The monoisotopic (exact) mass is 325 g/mol. The lowest BCUT2D eigenvalue weighted by Gasteiger charge is -2.17. The van der Waals surface area contributed by atoms with Gasteiger partial charge in [0.15, 0.2) is 0 Å². The van der Waals surface area contributed by atoms with Crippen LogP contribution in [-0.4, -0.2) is 6.66 Å². The van der Waals surface area contributed by atoms with Gasteiger partial charge in [-0.3, -0.25) is 0 Å². The molecule has 0 radical (unpaired) electrons. The molecule has 2 unspecified atom stereocenters. The van der Waals surface area contributed by atoms with Crippen LogP contribution in [0, 0.1) is 12.3 Å². The predicted molar refractivity (Wildman–Crippen MR) is 105 cm³/mol. The molecule has 0 aliphatic heterocycles. The Labute approximate surface area is 143 Å². The fraction of sp³-hybridized carbons (Fsp3) is 0.333. The third kappa shape index (κ3) is 7.00. The van der Waals surface area contributed by atoms with Crippen molar-refractivity contribution in [3.63, 3.8) is 0 Å². The van der Waals surface area contributed by atoms with E-state index in [0.29, 0.717) is 5.78 Å². The summed E-state index contributed by atoms with van der Waals surface area (Å²) in [5.74, 6) is 3.13. The van der Waals surface area contributed by atoms with E-state index in [-0.39, 0.29) is 0 Å². The minimum atomic E-state index is 0.431. The second-order valence-corrected chi connectivity index (χ2v) is 6.19. The number of hydrogen-bond donors (Lipinski definition) is 1. The fourth-order valence-electron chi connectivity index (χ4n) is 2.36. The van der Waals surface area contributed by atoms with Gasteiger partial charge in [0, 0.05) is 18.7 Å². The Kier molecular flexibility index (Phi) is 10.0.